The fourth-order valence-corrected chi connectivity index (χ4v) is 1.11. The zero-order chi connectivity index (χ0) is 10.7. The van der Waals surface area contributed by atoms with Crippen molar-refractivity contribution < 1.29 is 19.6 Å². The summed E-state index contributed by atoms with van der Waals surface area (Å²) >= 11 is 0. The van der Waals surface area contributed by atoms with Gasteiger partial charge in [-0.25, -0.2) is 9.18 Å². The van der Waals surface area contributed by atoms with Gasteiger partial charge in [-0.3, -0.25) is 5.41 Å². The lowest BCUT2D eigenvalue weighted by atomic mass is 10.1. The first-order chi connectivity index (χ1) is 6.56. The molecule has 1 aromatic carbocycles. The van der Waals surface area contributed by atoms with Crippen LogP contribution in [0.4, 0.5) is 10.1 Å². The van der Waals surface area contributed by atoms with Gasteiger partial charge < -0.3 is 10.4 Å². The molecule has 0 bridgehead atoms. The maximum atomic E-state index is 12.8. The number of hydrogen-bond acceptors (Lipinski definition) is 2. The van der Waals surface area contributed by atoms with Gasteiger partial charge >= 0.3 is 5.97 Å². The highest BCUT2D eigenvalue weighted by Gasteiger charge is 2.16. The van der Waals surface area contributed by atoms with Crippen LogP contribution >= 0.6 is 0 Å². The fourth-order valence-electron chi connectivity index (χ4n) is 1.11. The predicted molar refractivity (Wildman–Crippen MR) is 48.4 cm³/mol. The number of halogens is 1. The first kappa shape index (κ1) is 10.3. The van der Waals surface area contributed by atoms with E-state index in [1.54, 1.807) is 12.4 Å². The Kier molecular flexibility index (Phi) is 2.93. The Morgan fingerprint density at radius 3 is 2.71 bits per heavy atom. The van der Waals surface area contributed by atoms with Crippen LogP contribution < -0.4 is 5.32 Å². The van der Waals surface area contributed by atoms with Crippen LogP contribution in [0.15, 0.2) is 18.2 Å². The smallest absolute Gasteiger partial charge is 0.354 e. The van der Waals surface area contributed by atoms with Crippen LogP contribution in [0.3, 0.4) is 0 Å². The van der Waals surface area contributed by atoms with Crippen LogP contribution in [0.1, 0.15) is 5.56 Å². The SMILES string of the molecule is C[NH2+]c1ccc(F)cc1C(=N)C(=O)O. The summed E-state index contributed by atoms with van der Waals surface area (Å²) in [6.07, 6.45) is 0. The van der Waals surface area contributed by atoms with Crippen LogP contribution in [-0.4, -0.2) is 23.8 Å². The second-order valence-corrected chi connectivity index (χ2v) is 2.70. The van der Waals surface area contributed by atoms with E-state index in [1.807, 2.05) is 0 Å². The molecule has 0 amide bonds. The minimum atomic E-state index is -1.36. The van der Waals surface area contributed by atoms with Gasteiger partial charge in [0.2, 0.25) is 0 Å². The summed E-state index contributed by atoms with van der Waals surface area (Å²) in [6, 6.07) is 3.72. The van der Waals surface area contributed by atoms with Crippen molar-refractivity contribution in [1.29, 1.82) is 5.41 Å². The molecule has 0 heterocycles. The summed E-state index contributed by atoms with van der Waals surface area (Å²) < 4.78 is 12.8. The third-order valence-electron chi connectivity index (χ3n) is 1.81. The van der Waals surface area contributed by atoms with E-state index >= 15 is 0 Å². The standard InChI is InChI=1S/C9H9FN2O2/c1-12-7-3-2-5(10)4-6(7)8(11)9(13)14/h2-4,11-12H,1H3,(H,13,14)/p+1. The monoisotopic (exact) mass is 197 g/mol. The molecule has 0 unspecified atom stereocenters. The number of carbonyl (C=O) groups is 1. The molecule has 0 aliphatic heterocycles. The molecule has 14 heavy (non-hydrogen) atoms. The van der Waals surface area contributed by atoms with Crippen molar-refractivity contribution in [2.75, 3.05) is 7.05 Å². The molecule has 4 N–H and O–H groups in total. The number of nitrogens with two attached hydrogens (primary N) is 1. The Balaban J connectivity index is 3.23. The molecule has 0 aliphatic carbocycles. The largest absolute Gasteiger partial charge is 0.477 e. The number of carboxylic acid groups (broad SMARTS) is 1. The van der Waals surface area contributed by atoms with Gasteiger partial charge in [0, 0.05) is 6.07 Å². The van der Waals surface area contributed by atoms with Gasteiger partial charge in [-0.05, 0) is 12.1 Å². The van der Waals surface area contributed by atoms with E-state index in [1.165, 1.54) is 12.1 Å². The molecular formula is C9H10FN2O2+. The third kappa shape index (κ3) is 1.94. The van der Waals surface area contributed by atoms with E-state index in [-0.39, 0.29) is 5.56 Å². The maximum Gasteiger partial charge on any atom is 0.354 e. The molecule has 74 valence electrons. The van der Waals surface area contributed by atoms with Crippen LogP contribution in [0.2, 0.25) is 0 Å². The van der Waals surface area contributed by atoms with Gasteiger partial charge in [0.05, 0.1) is 12.6 Å². The Bertz CT molecular complexity index is 390. The molecule has 0 aliphatic rings. The lowest BCUT2D eigenvalue weighted by Gasteiger charge is -2.03. The minimum absolute atomic E-state index is 0.0972. The average Bonchev–Trinajstić information content (AvgIpc) is 2.16. The first-order valence-corrected chi connectivity index (χ1v) is 3.97. The molecule has 4 nitrogen and oxygen atoms in total. The Morgan fingerprint density at radius 1 is 1.57 bits per heavy atom. The van der Waals surface area contributed by atoms with Crippen molar-refractivity contribution in [1.82, 2.24) is 0 Å². The molecule has 1 rings (SSSR count). The first-order valence-electron chi connectivity index (χ1n) is 3.97. The van der Waals surface area contributed by atoms with Gasteiger partial charge in [-0.15, -0.1) is 0 Å². The number of quaternary nitrogens is 1. The van der Waals surface area contributed by atoms with E-state index in [0.29, 0.717) is 5.69 Å². The van der Waals surface area contributed by atoms with Crippen molar-refractivity contribution in [2.24, 2.45) is 0 Å². The Hall–Kier alpha value is -1.75. The number of nitrogens with one attached hydrogen (secondary N) is 1. The van der Waals surface area contributed by atoms with E-state index in [4.69, 9.17) is 10.5 Å². The average molecular weight is 197 g/mol. The zero-order valence-electron chi connectivity index (χ0n) is 7.54. The normalized spacial score (nSPS) is 9.86. The minimum Gasteiger partial charge on any atom is -0.477 e. The van der Waals surface area contributed by atoms with Gasteiger partial charge in [0.1, 0.15) is 11.5 Å². The third-order valence-corrected chi connectivity index (χ3v) is 1.81. The van der Waals surface area contributed by atoms with E-state index in [9.17, 15) is 9.18 Å². The molecule has 0 saturated carbocycles. The number of rotatable bonds is 3. The summed E-state index contributed by atoms with van der Waals surface area (Å²) in [5.74, 6) is -1.91. The second-order valence-electron chi connectivity index (χ2n) is 2.70. The lowest BCUT2D eigenvalue weighted by molar-refractivity contribution is -0.539. The van der Waals surface area contributed by atoms with Crippen molar-refractivity contribution >= 4 is 17.4 Å². The number of carboxylic acids is 1. The molecule has 0 radical (unpaired) electrons. The quantitative estimate of drug-likeness (QED) is 0.474. The summed E-state index contributed by atoms with van der Waals surface area (Å²) in [4.78, 5) is 10.5. The highest BCUT2D eigenvalue weighted by molar-refractivity contribution is 6.42. The Morgan fingerprint density at radius 2 is 2.21 bits per heavy atom. The summed E-state index contributed by atoms with van der Waals surface area (Å²) in [6.45, 7) is 0. The number of aliphatic carboxylic acids is 1. The van der Waals surface area contributed by atoms with Gasteiger partial charge in [-0.1, -0.05) is 0 Å². The molecule has 1 aromatic rings. The molecule has 5 heteroatoms. The molecule has 0 saturated heterocycles. The summed E-state index contributed by atoms with van der Waals surface area (Å²) in [5, 5.41) is 17.5. The van der Waals surface area contributed by atoms with E-state index in [0.717, 1.165) is 6.07 Å². The Labute approximate surface area is 79.9 Å². The van der Waals surface area contributed by atoms with Crippen molar-refractivity contribution in [2.45, 2.75) is 0 Å². The zero-order valence-corrected chi connectivity index (χ0v) is 7.54. The maximum absolute atomic E-state index is 12.8. The van der Waals surface area contributed by atoms with Gasteiger partial charge in [0.25, 0.3) is 0 Å². The van der Waals surface area contributed by atoms with Crippen molar-refractivity contribution in [3.8, 4) is 0 Å². The van der Waals surface area contributed by atoms with Gasteiger partial charge in [0.15, 0.2) is 5.71 Å². The van der Waals surface area contributed by atoms with Crippen LogP contribution in [0, 0.1) is 11.2 Å². The molecule has 0 aromatic heterocycles. The predicted octanol–water partition coefficient (Wildman–Crippen LogP) is 0.103. The van der Waals surface area contributed by atoms with Crippen LogP contribution in [-0.2, 0) is 4.79 Å². The van der Waals surface area contributed by atoms with Crippen LogP contribution in [0.5, 0.6) is 0 Å². The highest BCUT2D eigenvalue weighted by Crippen LogP contribution is 2.12. The fraction of sp³-hybridized carbons (Fsp3) is 0.111. The number of benzene rings is 1. The summed E-state index contributed by atoms with van der Waals surface area (Å²) in [7, 11) is 1.70. The summed E-state index contributed by atoms with van der Waals surface area (Å²) in [5.41, 5.74) is 0.0383. The lowest BCUT2D eigenvalue weighted by Crippen LogP contribution is -2.73. The molecular weight excluding hydrogens is 187 g/mol. The van der Waals surface area contributed by atoms with Crippen molar-refractivity contribution in [3.05, 3.63) is 29.6 Å². The molecule has 0 spiro atoms. The molecule has 0 atom stereocenters. The van der Waals surface area contributed by atoms with Gasteiger partial charge in [-0.2, -0.15) is 0 Å². The molecule has 0 fully saturated rings. The van der Waals surface area contributed by atoms with Crippen molar-refractivity contribution in [3.63, 3.8) is 0 Å². The topological polar surface area (TPSA) is 77.8 Å². The van der Waals surface area contributed by atoms with E-state index < -0.39 is 17.5 Å². The highest BCUT2D eigenvalue weighted by atomic mass is 19.1. The second kappa shape index (κ2) is 3.97. The van der Waals surface area contributed by atoms with Crippen LogP contribution in [0.25, 0.3) is 0 Å². The number of hydrogen-bond donors (Lipinski definition) is 3. The van der Waals surface area contributed by atoms with E-state index in [2.05, 4.69) is 0 Å².